The monoisotopic (exact) mass is 416 g/mol. The van der Waals surface area contributed by atoms with Crippen molar-refractivity contribution >= 4 is 5.97 Å². The number of methoxy groups -OCH3 is 1. The Morgan fingerprint density at radius 2 is 1.55 bits per heavy atom. The normalized spacial score (nSPS) is 24.7. The van der Waals surface area contributed by atoms with Gasteiger partial charge in [-0.15, -0.1) is 0 Å². The van der Waals surface area contributed by atoms with Gasteiger partial charge in [0.25, 0.3) is 0 Å². The molecule has 1 fully saturated rings. The fourth-order valence-electron chi connectivity index (χ4n) is 5.32. The number of carbonyl (C=O) groups is 1. The lowest BCUT2D eigenvalue weighted by atomic mass is 9.72. The maximum Gasteiger partial charge on any atom is 0.313 e. The van der Waals surface area contributed by atoms with Crippen molar-refractivity contribution in [2.45, 2.75) is 46.6 Å². The van der Waals surface area contributed by atoms with Crippen molar-refractivity contribution in [1.29, 1.82) is 0 Å². The van der Waals surface area contributed by atoms with E-state index in [2.05, 4.69) is 75.4 Å². The van der Waals surface area contributed by atoms with Crippen molar-refractivity contribution in [2.24, 2.45) is 17.8 Å². The van der Waals surface area contributed by atoms with Gasteiger partial charge in [-0.2, -0.15) is 0 Å². The highest BCUT2D eigenvalue weighted by Gasteiger charge is 2.55. The van der Waals surface area contributed by atoms with E-state index in [9.17, 15) is 4.79 Å². The third-order valence-electron chi connectivity index (χ3n) is 6.99. The van der Waals surface area contributed by atoms with Crippen LogP contribution >= 0.6 is 0 Å². The summed E-state index contributed by atoms with van der Waals surface area (Å²) in [5.41, 5.74) is 7.66. The Morgan fingerprint density at radius 1 is 1.00 bits per heavy atom. The van der Waals surface area contributed by atoms with E-state index in [4.69, 9.17) is 9.47 Å². The minimum absolute atomic E-state index is 0.108. The van der Waals surface area contributed by atoms with Gasteiger partial charge >= 0.3 is 5.97 Å². The minimum atomic E-state index is -0.499. The zero-order chi connectivity index (χ0) is 22.3. The van der Waals surface area contributed by atoms with E-state index in [1.165, 1.54) is 34.9 Å². The quantitative estimate of drug-likeness (QED) is 0.435. The fourth-order valence-corrected chi connectivity index (χ4v) is 5.32. The van der Waals surface area contributed by atoms with Crippen LogP contribution in [0, 0.1) is 17.8 Å². The molecule has 31 heavy (non-hydrogen) atoms. The molecule has 162 valence electrons. The summed E-state index contributed by atoms with van der Waals surface area (Å²) >= 11 is 0. The molecule has 1 heterocycles. The molecule has 0 spiro atoms. The summed E-state index contributed by atoms with van der Waals surface area (Å²) < 4.78 is 11.0. The van der Waals surface area contributed by atoms with Crippen LogP contribution < -0.4 is 0 Å². The first-order chi connectivity index (χ1) is 14.7. The van der Waals surface area contributed by atoms with Gasteiger partial charge in [-0.25, -0.2) is 0 Å². The second-order valence-corrected chi connectivity index (χ2v) is 9.42. The Bertz CT molecular complexity index is 1030. The standard InChI is InChI=1S/C15H22O3.C13H10/c1-8-7-9(2)11-12(14(16)17-6)15(4,5)18-13(11)10(8)3;1-3-7-12-10(5-1)9-11-6-2-4-8-13(11)12/h7,9,11-12H,1-6H3;1-8H,9H2. The highest BCUT2D eigenvalue weighted by molar-refractivity contribution is 5.76. The molecule has 0 saturated carbocycles. The molecule has 0 amide bonds. The number of hydrogen-bond acceptors (Lipinski definition) is 3. The maximum atomic E-state index is 12.1. The van der Waals surface area contributed by atoms with Gasteiger partial charge in [-0.05, 0) is 73.4 Å². The van der Waals surface area contributed by atoms with Gasteiger partial charge in [0.1, 0.15) is 17.3 Å². The van der Waals surface area contributed by atoms with E-state index in [0.717, 1.165) is 17.8 Å². The van der Waals surface area contributed by atoms with Crippen LogP contribution in [-0.4, -0.2) is 18.7 Å². The second-order valence-electron chi connectivity index (χ2n) is 9.42. The molecule has 3 aliphatic rings. The summed E-state index contributed by atoms with van der Waals surface area (Å²) in [5.74, 6) is 0.980. The third kappa shape index (κ3) is 3.71. The average Bonchev–Trinajstić information content (AvgIpc) is 3.26. The number of ether oxygens (including phenoxy) is 2. The Labute approximate surface area is 185 Å². The topological polar surface area (TPSA) is 35.5 Å². The molecule has 0 aromatic heterocycles. The predicted molar refractivity (Wildman–Crippen MR) is 124 cm³/mol. The highest BCUT2D eigenvalue weighted by Crippen LogP contribution is 2.51. The molecule has 1 saturated heterocycles. The molecule has 2 aliphatic carbocycles. The SMILES string of the molecule is COC(=O)C1C2C(=C(C)C(C)=CC2C)OC1(C)C.c1ccc2c(c1)Cc1ccccc1-2. The van der Waals surface area contributed by atoms with Crippen molar-refractivity contribution < 1.29 is 14.3 Å². The minimum Gasteiger partial charge on any atom is -0.491 e. The maximum absolute atomic E-state index is 12.1. The van der Waals surface area contributed by atoms with E-state index < -0.39 is 5.60 Å². The van der Waals surface area contributed by atoms with Crippen LogP contribution in [0.15, 0.2) is 71.5 Å². The lowest BCUT2D eigenvalue weighted by Gasteiger charge is -2.28. The predicted octanol–water partition coefficient (Wildman–Crippen LogP) is 6.33. The number of fused-ring (bicyclic) bond motifs is 4. The molecule has 2 aromatic carbocycles. The molecule has 5 rings (SSSR count). The highest BCUT2D eigenvalue weighted by atomic mass is 16.5. The fraction of sp³-hybridized carbons (Fsp3) is 0.393. The van der Waals surface area contributed by atoms with Gasteiger partial charge in [-0.3, -0.25) is 4.79 Å². The number of esters is 1. The first kappa shape index (κ1) is 21.4. The molecule has 3 nitrogen and oxygen atoms in total. The third-order valence-corrected chi connectivity index (χ3v) is 6.99. The molecule has 0 N–H and O–H groups in total. The number of allylic oxidation sites excluding steroid dienone is 4. The summed E-state index contributed by atoms with van der Waals surface area (Å²) in [6.07, 6.45) is 3.33. The zero-order valence-electron chi connectivity index (χ0n) is 19.4. The van der Waals surface area contributed by atoms with Crippen LogP contribution in [0.5, 0.6) is 0 Å². The van der Waals surface area contributed by atoms with E-state index >= 15 is 0 Å². The number of hydrogen-bond donors (Lipinski definition) is 0. The van der Waals surface area contributed by atoms with Crippen molar-refractivity contribution in [3.05, 3.63) is 82.6 Å². The molecule has 0 radical (unpaired) electrons. The van der Waals surface area contributed by atoms with E-state index in [0.29, 0.717) is 5.92 Å². The van der Waals surface area contributed by atoms with Crippen LogP contribution in [-0.2, 0) is 20.7 Å². The Hall–Kier alpha value is -2.81. The van der Waals surface area contributed by atoms with Crippen LogP contribution in [0.1, 0.15) is 45.7 Å². The molecular formula is C28H32O3. The van der Waals surface area contributed by atoms with Crippen LogP contribution in [0.25, 0.3) is 11.1 Å². The smallest absolute Gasteiger partial charge is 0.313 e. The van der Waals surface area contributed by atoms with Crippen LogP contribution in [0.2, 0.25) is 0 Å². The van der Waals surface area contributed by atoms with Gasteiger partial charge < -0.3 is 9.47 Å². The largest absolute Gasteiger partial charge is 0.491 e. The van der Waals surface area contributed by atoms with Crippen molar-refractivity contribution in [3.63, 3.8) is 0 Å². The van der Waals surface area contributed by atoms with Crippen LogP contribution in [0.3, 0.4) is 0 Å². The van der Waals surface area contributed by atoms with Gasteiger partial charge in [0.05, 0.1) is 7.11 Å². The molecular weight excluding hydrogens is 384 g/mol. The molecule has 2 aromatic rings. The van der Waals surface area contributed by atoms with Gasteiger partial charge in [0, 0.05) is 5.92 Å². The average molecular weight is 417 g/mol. The molecule has 1 aliphatic heterocycles. The van der Waals surface area contributed by atoms with E-state index in [-0.39, 0.29) is 17.8 Å². The number of benzene rings is 2. The van der Waals surface area contributed by atoms with E-state index in [1.807, 2.05) is 13.8 Å². The molecule has 3 atom stereocenters. The number of carbonyl (C=O) groups excluding carboxylic acids is 1. The summed E-state index contributed by atoms with van der Waals surface area (Å²) in [6, 6.07) is 17.3. The van der Waals surface area contributed by atoms with Crippen molar-refractivity contribution in [3.8, 4) is 11.1 Å². The summed E-state index contributed by atoms with van der Waals surface area (Å²) in [5, 5.41) is 0. The van der Waals surface area contributed by atoms with Gasteiger partial charge in [-0.1, -0.05) is 61.5 Å². The number of rotatable bonds is 1. The van der Waals surface area contributed by atoms with Crippen LogP contribution in [0.4, 0.5) is 0 Å². The summed E-state index contributed by atoms with van der Waals surface area (Å²) in [7, 11) is 1.45. The van der Waals surface area contributed by atoms with Gasteiger partial charge in [0.2, 0.25) is 0 Å². The van der Waals surface area contributed by atoms with Gasteiger partial charge in [0.15, 0.2) is 0 Å². The summed E-state index contributed by atoms with van der Waals surface area (Å²) in [4.78, 5) is 12.1. The van der Waals surface area contributed by atoms with Crippen molar-refractivity contribution in [1.82, 2.24) is 0 Å². The first-order valence-electron chi connectivity index (χ1n) is 11.1. The lowest BCUT2D eigenvalue weighted by molar-refractivity contribution is -0.151. The van der Waals surface area contributed by atoms with Crippen molar-refractivity contribution in [2.75, 3.05) is 7.11 Å². The second kappa shape index (κ2) is 8.03. The first-order valence-corrected chi connectivity index (χ1v) is 11.1. The molecule has 0 bridgehead atoms. The summed E-state index contributed by atoms with van der Waals surface area (Å²) in [6.45, 7) is 10.2. The Kier molecular flexibility index (Phi) is 5.55. The molecule has 3 heteroatoms. The zero-order valence-corrected chi connectivity index (χ0v) is 19.4. The van der Waals surface area contributed by atoms with E-state index in [1.54, 1.807) is 0 Å². The molecule has 3 unspecified atom stereocenters. The Balaban J connectivity index is 0.000000156. The Morgan fingerprint density at radius 3 is 2.10 bits per heavy atom. The lowest BCUT2D eigenvalue weighted by Crippen LogP contribution is -2.38.